The maximum atomic E-state index is 5.69. The van der Waals surface area contributed by atoms with E-state index in [4.69, 9.17) is 4.74 Å². The van der Waals surface area contributed by atoms with Crippen molar-refractivity contribution in [2.75, 3.05) is 19.7 Å². The van der Waals surface area contributed by atoms with E-state index in [2.05, 4.69) is 43.4 Å². The van der Waals surface area contributed by atoms with Crippen LogP contribution in [0.15, 0.2) is 24.3 Å². The molecule has 0 unspecified atom stereocenters. The molecule has 0 saturated heterocycles. The summed E-state index contributed by atoms with van der Waals surface area (Å²) >= 11 is 0. The number of nitrogens with one attached hydrogen (secondary N) is 1. The van der Waals surface area contributed by atoms with Crippen LogP contribution in [0.3, 0.4) is 0 Å². The second-order valence-corrected chi connectivity index (χ2v) is 5.03. The van der Waals surface area contributed by atoms with E-state index in [0.29, 0.717) is 0 Å². The van der Waals surface area contributed by atoms with Crippen LogP contribution >= 0.6 is 0 Å². The van der Waals surface area contributed by atoms with Crippen molar-refractivity contribution >= 4 is 0 Å². The van der Waals surface area contributed by atoms with Gasteiger partial charge in [0.25, 0.3) is 0 Å². The number of likely N-dealkylation sites (N-methyl/N-ethyl adjacent to an activating group) is 1. The third-order valence-electron chi connectivity index (χ3n) is 3.27. The zero-order chi connectivity index (χ0) is 13.8. The summed E-state index contributed by atoms with van der Waals surface area (Å²) in [6.45, 7) is 8.12. The fraction of sp³-hybridized carbons (Fsp3) is 0.647. The van der Waals surface area contributed by atoms with Crippen molar-refractivity contribution in [3.63, 3.8) is 0 Å². The van der Waals surface area contributed by atoms with Gasteiger partial charge in [-0.3, -0.25) is 0 Å². The first-order chi connectivity index (χ1) is 9.36. The van der Waals surface area contributed by atoms with Crippen molar-refractivity contribution in [1.82, 2.24) is 5.32 Å². The number of hydrogen-bond acceptors (Lipinski definition) is 2. The molecular formula is C17H29NO. The summed E-state index contributed by atoms with van der Waals surface area (Å²) in [5.74, 6) is 0. The molecule has 0 aliphatic rings. The van der Waals surface area contributed by atoms with Crippen molar-refractivity contribution in [1.29, 1.82) is 0 Å². The lowest BCUT2D eigenvalue weighted by Crippen LogP contribution is -2.15. The Morgan fingerprint density at radius 2 is 1.68 bits per heavy atom. The summed E-state index contributed by atoms with van der Waals surface area (Å²) in [5.41, 5.74) is 2.68. The third-order valence-corrected chi connectivity index (χ3v) is 3.27. The maximum Gasteiger partial charge on any atom is 0.0716 e. The average molecular weight is 263 g/mol. The van der Waals surface area contributed by atoms with E-state index >= 15 is 0 Å². The maximum absolute atomic E-state index is 5.69. The number of hydrogen-bond donors (Lipinski definition) is 1. The van der Waals surface area contributed by atoms with Crippen LogP contribution in [0, 0.1) is 0 Å². The molecule has 2 nitrogen and oxygen atoms in total. The van der Waals surface area contributed by atoms with E-state index in [9.17, 15) is 0 Å². The minimum atomic E-state index is 0.750. The van der Waals surface area contributed by atoms with Gasteiger partial charge in [-0.1, -0.05) is 57.4 Å². The molecule has 1 aromatic rings. The van der Waals surface area contributed by atoms with Crippen LogP contribution in [0.25, 0.3) is 0 Å². The highest BCUT2D eigenvalue weighted by Crippen LogP contribution is 2.07. The van der Waals surface area contributed by atoms with Crippen molar-refractivity contribution in [2.45, 2.75) is 52.6 Å². The number of benzene rings is 1. The largest absolute Gasteiger partial charge is 0.377 e. The molecule has 1 rings (SSSR count). The Bertz CT molecular complexity index is 308. The zero-order valence-electron chi connectivity index (χ0n) is 12.6. The van der Waals surface area contributed by atoms with Crippen LogP contribution in [0.2, 0.25) is 0 Å². The molecule has 1 aromatic carbocycles. The van der Waals surface area contributed by atoms with Crippen molar-refractivity contribution in [2.24, 2.45) is 0 Å². The van der Waals surface area contributed by atoms with Crippen LogP contribution < -0.4 is 5.32 Å². The van der Waals surface area contributed by atoms with Crippen molar-refractivity contribution in [3.05, 3.63) is 35.4 Å². The first-order valence-corrected chi connectivity index (χ1v) is 7.73. The minimum absolute atomic E-state index is 0.750. The highest BCUT2D eigenvalue weighted by atomic mass is 16.5. The van der Waals surface area contributed by atoms with Crippen LogP contribution in [0.1, 0.15) is 50.7 Å². The predicted octanol–water partition coefficient (Wildman–Crippen LogP) is 3.94. The second kappa shape index (κ2) is 11.0. The molecule has 0 fully saturated rings. The molecule has 0 aliphatic heterocycles. The molecular weight excluding hydrogens is 234 g/mol. The monoisotopic (exact) mass is 263 g/mol. The lowest BCUT2D eigenvalue weighted by Gasteiger charge is -2.06. The van der Waals surface area contributed by atoms with Gasteiger partial charge in [-0.15, -0.1) is 0 Å². The lowest BCUT2D eigenvalue weighted by atomic mass is 10.1. The normalized spacial score (nSPS) is 10.8. The molecule has 0 aliphatic carbocycles. The lowest BCUT2D eigenvalue weighted by molar-refractivity contribution is 0.117. The van der Waals surface area contributed by atoms with Gasteiger partial charge in [-0.25, -0.2) is 0 Å². The highest BCUT2D eigenvalue weighted by molar-refractivity contribution is 5.22. The van der Waals surface area contributed by atoms with Gasteiger partial charge in [0.1, 0.15) is 0 Å². The first-order valence-electron chi connectivity index (χ1n) is 7.73. The SMILES string of the molecule is CCCCCCOCc1ccc(CCNCC)cc1. The van der Waals surface area contributed by atoms with Crippen LogP contribution in [-0.2, 0) is 17.8 Å². The quantitative estimate of drug-likeness (QED) is 0.611. The van der Waals surface area contributed by atoms with E-state index in [-0.39, 0.29) is 0 Å². The topological polar surface area (TPSA) is 21.3 Å². The molecule has 0 heterocycles. The Kier molecular flexibility index (Phi) is 9.38. The first kappa shape index (κ1) is 16.2. The fourth-order valence-electron chi connectivity index (χ4n) is 2.03. The van der Waals surface area contributed by atoms with E-state index in [0.717, 1.165) is 32.7 Å². The minimum Gasteiger partial charge on any atom is -0.377 e. The summed E-state index contributed by atoms with van der Waals surface area (Å²) in [4.78, 5) is 0. The number of unbranched alkanes of at least 4 members (excludes halogenated alkanes) is 3. The van der Waals surface area contributed by atoms with Gasteiger partial charge in [0.15, 0.2) is 0 Å². The molecule has 0 radical (unpaired) electrons. The van der Waals surface area contributed by atoms with E-state index < -0.39 is 0 Å². The molecule has 0 amide bonds. The molecule has 0 spiro atoms. The van der Waals surface area contributed by atoms with E-state index in [1.807, 2.05) is 0 Å². The smallest absolute Gasteiger partial charge is 0.0716 e. The molecule has 0 saturated carbocycles. The number of ether oxygens (including phenoxy) is 1. The summed E-state index contributed by atoms with van der Waals surface area (Å²) in [5, 5.41) is 3.35. The van der Waals surface area contributed by atoms with Crippen molar-refractivity contribution in [3.8, 4) is 0 Å². The third kappa shape index (κ3) is 8.02. The molecule has 0 bridgehead atoms. The van der Waals surface area contributed by atoms with Crippen LogP contribution in [-0.4, -0.2) is 19.7 Å². The Morgan fingerprint density at radius 3 is 2.37 bits per heavy atom. The number of rotatable bonds is 11. The summed E-state index contributed by atoms with van der Waals surface area (Å²) in [6.07, 6.45) is 6.19. The van der Waals surface area contributed by atoms with E-state index in [1.54, 1.807) is 0 Å². The Hall–Kier alpha value is -0.860. The zero-order valence-corrected chi connectivity index (χ0v) is 12.6. The van der Waals surface area contributed by atoms with Gasteiger partial charge in [0, 0.05) is 6.61 Å². The van der Waals surface area contributed by atoms with Gasteiger partial charge in [0.05, 0.1) is 6.61 Å². The summed E-state index contributed by atoms with van der Waals surface area (Å²) in [7, 11) is 0. The summed E-state index contributed by atoms with van der Waals surface area (Å²) in [6, 6.07) is 8.81. The molecule has 19 heavy (non-hydrogen) atoms. The van der Waals surface area contributed by atoms with Gasteiger partial charge >= 0.3 is 0 Å². The second-order valence-electron chi connectivity index (χ2n) is 5.03. The van der Waals surface area contributed by atoms with Gasteiger partial charge in [0.2, 0.25) is 0 Å². The van der Waals surface area contributed by atoms with Crippen LogP contribution in [0.5, 0.6) is 0 Å². The molecule has 2 heteroatoms. The van der Waals surface area contributed by atoms with Crippen molar-refractivity contribution < 1.29 is 4.74 Å². The molecule has 108 valence electrons. The van der Waals surface area contributed by atoms with Gasteiger partial charge in [-0.2, -0.15) is 0 Å². The molecule has 1 N–H and O–H groups in total. The van der Waals surface area contributed by atoms with E-state index in [1.165, 1.54) is 36.8 Å². The average Bonchev–Trinajstić information content (AvgIpc) is 2.44. The van der Waals surface area contributed by atoms with Gasteiger partial charge in [-0.05, 0) is 37.1 Å². The highest BCUT2D eigenvalue weighted by Gasteiger charge is 1.96. The van der Waals surface area contributed by atoms with Gasteiger partial charge < -0.3 is 10.1 Å². The Labute approximate surface area is 118 Å². The summed E-state index contributed by atoms with van der Waals surface area (Å²) < 4.78 is 5.69. The fourth-order valence-corrected chi connectivity index (χ4v) is 2.03. The predicted molar refractivity (Wildman–Crippen MR) is 82.5 cm³/mol. The standard InChI is InChI=1S/C17H29NO/c1-3-5-6-7-14-19-15-17-10-8-16(9-11-17)12-13-18-4-2/h8-11,18H,3-7,12-15H2,1-2H3. The molecule has 0 aromatic heterocycles. The van der Waals surface area contributed by atoms with Crippen LogP contribution in [0.4, 0.5) is 0 Å². The Morgan fingerprint density at radius 1 is 0.947 bits per heavy atom. The Balaban J connectivity index is 2.13. The molecule has 0 atom stereocenters.